The Hall–Kier alpha value is -2.90. The zero-order chi connectivity index (χ0) is 16.1. The van der Waals surface area contributed by atoms with Crippen LogP contribution in [0.4, 0.5) is 0 Å². The van der Waals surface area contributed by atoms with Crippen molar-refractivity contribution in [2.45, 2.75) is 6.61 Å². The number of nitrogens with zero attached hydrogens (tertiary/aromatic N) is 3. The van der Waals surface area contributed by atoms with Gasteiger partial charge in [0.2, 0.25) is 0 Å². The van der Waals surface area contributed by atoms with Gasteiger partial charge in [-0.1, -0.05) is 54.1 Å². The maximum Gasteiger partial charge on any atom is 0.318 e. The molecule has 0 atom stereocenters. The quantitative estimate of drug-likeness (QED) is 0.674. The summed E-state index contributed by atoms with van der Waals surface area (Å²) >= 11 is 6.22. The molecule has 0 spiro atoms. The van der Waals surface area contributed by atoms with Crippen LogP contribution >= 0.6 is 11.6 Å². The molecule has 23 heavy (non-hydrogen) atoms. The van der Waals surface area contributed by atoms with Crippen LogP contribution in [-0.2, 0) is 6.61 Å². The molecule has 112 valence electrons. The first-order valence-electron chi connectivity index (χ1n) is 6.96. The highest BCUT2D eigenvalue weighted by molar-refractivity contribution is 6.32. The summed E-state index contributed by atoms with van der Waals surface area (Å²) < 4.78 is 5.55. The summed E-state index contributed by atoms with van der Waals surface area (Å²) in [5.41, 5.74) is 3.16. The molecule has 0 unspecified atom stereocenters. The van der Waals surface area contributed by atoms with Crippen LogP contribution in [0.15, 0.2) is 60.8 Å². The summed E-state index contributed by atoms with van der Waals surface area (Å²) in [6.07, 6.45) is 1.64. The van der Waals surface area contributed by atoms with E-state index in [4.69, 9.17) is 21.6 Å². The average molecular weight is 322 g/mol. The van der Waals surface area contributed by atoms with Gasteiger partial charge in [0, 0.05) is 11.8 Å². The summed E-state index contributed by atoms with van der Waals surface area (Å²) in [4.78, 5) is 8.37. The van der Waals surface area contributed by atoms with E-state index in [1.54, 1.807) is 18.3 Å². The third-order valence-corrected chi connectivity index (χ3v) is 3.52. The number of halogens is 1. The van der Waals surface area contributed by atoms with E-state index in [9.17, 15) is 0 Å². The molecule has 1 aromatic heterocycles. The second kappa shape index (κ2) is 6.91. The van der Waals surface area contributed by atoms with Crippen LogP contribution in [0.25, 0.3) is 11.1 Å². The maximum absolute atomic E-state index is 8.89. The van der Waals surface area contributed by atoms with Gasteiger partial charge in [0.05, 0.1) is 11.6 Å². The van der Waals surface area contributed by atoms with Gasteiger partial charge in [-0.2, -0.15) is 10.2 Å². The molecule has 0 N–H and O–H groups in total. The molecule has 0 aliphatic heterocycles. The molecule has 0 aliphatic carbocycles. The fourth-order valence-electron chi connectivity index (χ4n) is 2.11. The maximum atomic E-state index is 8.89. The molecule has 5 heteroatoms. The monoisotopic (exact) mass is 321 g/mol. The molecule has 0 saturated carbocycles. The molecule has 2 aromatic carbocycles. The zero-order valence-electron chi connectivity index (χ0n) is 12.1. The summed E-state index contributed by atoms with van der Waals surface area (Å²) in [6.45, 7) is 0.274. The van der Waals surface area contributed by atoms with Crippen LogP contribution in [0.2, 0.25) is 5.15 Å². The first kappa shape index (κ1) is 15.0. The highest BCUT2D eigenvalue weighted by atomic mass is 35.5. The Labute approximate surface area is 139 Å². The van der Waals surface area contributed by atoms with Crippen molar-refractivity contribution in [3.8, 4) is 23.2 Å². The van der Waals surface area contributed by atoms with Crippen molar-refractivity contribution in [1.29, 1.82) is 5.26 Å². The van der Waals surface area contributed by atoms with Crippen molar-refractivity contribution in [2.24, 2.45) is 0 Å². The molecule has 4 nitrogen and oxygen atoms in total. The van der Waals surface area contributed by atoms with Crippen molar-refractivity contribution >= 4 is 11.6 Å². The SMILES string of the molecule is N#Cc1cccc(COc2ncc(-c3ccccc3)c(Cl)n2)c1. The summed E-state index contributed by atoms with van der Waals surface area (Å²) in [5.74, 6) is 0. The molecule has 0 saturated heterocycles. The van der Waals surface area contributed by atoms with Gasteiger partial charge in [0.1, 0.15) is 11.8 Å². The average Bonchev–Trinajstić information content (AvgIpc) is 2.61. The van der Waals surface area contributed by atoms with Crippen molar-refractivity contribution in [2.75, 3.05) is 0 Å². The summed E-state index contributed by atoms with van der Waals surface area (Å²) in [5, 5.41) is 9.23. The Balaban J connectivity index is 1.75. The number of ether oxygens (including phenoxy) is 1. The van der Waals surface area contributed by atoms with Crippen molar-refractivity contribution in [3.05, 3.63) is 77.1 Å². The van der Waals surface area contributed by atoms with Crippen LogP contribution in [0.1, 0.15) is 11.1 Å². The van der Waals surface area contributed by atoms with Gasteiger partial charge in [-0.3, -0.25) is 0 Å². The molecule has 0 aliphatic rings. The van der Waals surface area contributed by atoms with Gasteiger partial charge in [0.15, 0.2) is 0 Å². The highest BCUT2D eigenvalue weighted by Crippen LogP contribution is 2.26. The Morgan fingerprint density at radius 1 is 1.09 bits per heavy atom. The van der Waals surface area contributed by atoms with Crippen molar-refractivity contribution in [1.82, 2.24) is 9.97 Å². The lowest BCUT2D eigenvalue weighted by molar-refractivity contribution is 0.281. The van der Waals surface area contributed by atoms with E-state index in [1.165, 1.54) is 0 Å². The standard InChI is InChI=1S/C18H12ClN3O/c19-17-16(15-7-2-1-3-8-15)11-21-18(22-17)23-12-14-6-4-5-13(9-14)10-20/h1-9,11H,12H2. The Bertz CT molecular complexity index is 860. The van der Waals surface area contributed by atoms with E-state index < -0.39 is 0 Å². The molecule has 3 aromatic rings. The Morgan fingerprint density at radius 3 is 2.65 bits per heavy atom. The largest absolute Gasteiger partial charge is 0.459 e. The van der Waals surface area contributed by atoms with Gasteiger partial charge in [-0.15, -0.1) is 0 Å². The van der Waals surface area contributed by atoms with Crippen molar-refractivity contribution in [3.63, 3.8) is 0 Å². The number of hydrogen-bond acceptors (Lipinski definition) is 4. The van der Waals surface area contributed by atoms with Gasteiger partial charge >= 0.3 is 6.01 Å². The molecular formula is C18H12ClN3O. The van der Waals surface area contributed by atoms with E-state index in [2.05, 4.69) is 16.0 Å². The third kappa shape index (κ3) is 3.65. The number of nitriles is 1. The second-order valence-corrected chi connectivity index (χ2v) is 5.18. The van der Waals surface area contributed by atoms with E-state index in [0.29, 0.717) is 10.7 Å². The second-order valence-electron chi connectivity index (χ2n) is 4.82. The zero-order valence-corrected chi connectivity index (χ0v) is 12.9. The van der Waals surface area contributed by atoms with Gasteiger partial charge < -0.3 is 4.74 Å². The van der Waals surface area contributed by atoms with Gasteiger partial charge in [0.25, 0.3) is 0 Å². The Morgan fingerprint density at radius 2 is 1.91 bits per heavy atom. The smallest absolute Gasteiger partial charge is 0.318 e. The highest BCUT2D eigenvalue weighted by Gasteiger charge is 2.08. The van der Waals surface area contributed by atoms with Gasteiger partial charge in [-0.05, 0) is 23.3 Å². The molecule has 0 fully saturated rings. The van der Waals surface area contributed by atoms with E-state index in [1.807, 2.05) is 42.5 Å². The number of benzene rings is 2. The number of aromatic nitrogens is 2. The molecule has 3 rings (SSSR count). The van der Waals surface area contributed by atoms with Crippen molar-refractivity contribution < 1.29 is 4.74 Å². The number of rotatable bonds is 4. The third-order valence-electron chi connectivity index (χ3n) is 3.23. The Kier molecular flexibility index (Phi) is 4.51. The molecule has 0 radical (unpaired) electrons. The van der Waals surface area contributed by atoms with E-state index in [-0.39, 0.29) is 12.6 Å². The molecule has 1 heterocycles. The van der Waals surface area contributed by atoms with Gasteiger partial charge in [-0.25, -0.2) is 4.98 Å². The van der Waals surface area contributed by atoms with Crippen LogP contribution in [0.3, 0.4) is 0 Å². The van der Waals surface area contributed by atoms with Crippen LogP contribution < -0.4 is 4.74 Å². The van der Waals surface area contributed by atoms with Crippen LogP contribution in [0, 0.1) is 11.3 Å². The first-order chi connectivity index (χ1) is 11.3. The molecular weight excluding hydrogens is 310 g/mol. The topological polar surface area (TPSA) is 58.8 Å². The molecule has 0 bridgehead atoms. The minimum Gasteiger partial charge on any atom is -0.459 e. The lowest BCUT2D eigenvalue weighted by Gasteiger charge is -2.07. The minimum atomic E-state index is 0.206. The molecule has 0 amide bonds. The van der Waals surface area contributed by atoms with E-state index >= 15 is 0 Å². The van der Waals surface area contributed by atoms with Crippen LogP contribution in [0.5, 0.6) is 6.01 Å². The fourth-order valence-corrected chi connectivity index (χ4v) is 2.34. The normalized spacial score (nSPS) is 10.1. The summed E-state index contributed by atoms with van der Waals surface area (Å²) in [7, 11) is 0. The fraction of sp³-hybridized carbons (Fsp3) is 0.0556. The first-order valence-corrected chi connectivity index (χ1v) is 7.34. The summed E-state index contributed by atoms with van der Waals surface area (Å²) in [6, 6.07) is 19.2. The minimum absolute atomic E-state index is 0.206. The predicted molar refractivity (Wildman–Crippen MR) is 88.0 cm³/mol. The van der Waals surface area contributed by atoms with Crippen LogP contribution in [-0.4, -0.2) is 9.97 Å². The number of hydrogen-bond donors (Lipinski definition) is 0. The lowest BCUT2D eigenvalue weighted by atomic mass is 10.1. The lowest BCUT2D eigenvalue weighted by Crippen LogP contribution is -2.00. The van der Waals surface area contributed by atoms with E-state index in [0.717, 1.165) is 16.7 Å². The predicted octanol–water partition coefficient (Wildman–Crippen LogP) is 4.25.